The molecular weight excluding hydrogens is 254 g/mol. The molecule has 1 saturated carbocycles. The molecule has 20 heavy (non-hydrogen) atoms. The molecule has 1 aliphatic carbocycles. The van der Waals surface area contributed by atoms with Gasteiger partial charge in [-0.2, -0.15) is 4.98 Å². The fraction of sp³-hybridized carbons (Fsp3) is 0.467. The average molecular weight is 273 g/mol. The van der Waals surface area contributed by atoms with Gasteiger partial charge in [0.2, 0.25) is 5.89 Å². The first kappa shape index (κ1) is 13.1. The second-order valence-corrected chi connectivity index (χ2v) is 5.30. The molecule has 0 radical (unpaired) electrons. The van der Waals surface area contributed by atoms with Crippen LogP contribution in [0.1, 0.15) is 30.1 Å². The molecule has 3 rings (SSSR count). The summed E-state index contributed by atoms with van der Waals surface area (Å²) in [5.74, 6) is 2.79. The smallest absolute Gasteiger partial charge is 0.228 e. The molecule has 1 unspecified atom stereocenters. The van der Waals surface area contributed by atoms with E-state index in [0.29, 0.717) is 30.5 Å². The number of methoxy groups -OCH3 is 1. The third-order valence-electron chi connectivity index (χ3n) is 3.69. The van der Waals surface area contributed by atoms with Crippen molar-refractivity contribution < 1.29 is 9.26 Å². The number of nitrogens with zero attached hydrogens (tertiary/aromatic N) is 2. The Kier molecular flexibility index (Phi) is 3.69. The lowest BCUT2D eigenvalue weighted by molar-refractivity contribution is 0.359. The Morgan fingerprint density at radius 3 is 2.95 bits per heavy atom. The zero-order chi connectivity index (χ0) is 13.9. The van der Waals surface area contributed by atoms with Crippen LogP contribution in [0.25, 0.3) is 0 Å². The fourth-order valence-corrected chi connectivity index (χ4v) is 2.36. The molecule has 0 aliphatic heterocycles. The van der Waals surface area contributed by atoms with Crippen LogP contribution in [0.15, 0.2) is 28.8 Å². The summed E-state index contributed by atoms with van der Waals surface area (Å²) in [4.78, 5) is 4.42. The topological polar surface area (TPSA) is 74.2 Å². The lowest BCUT2D eigenvalue weighted by atomic mass is 10.1. The van der Waals surface area contributed by atoms with Gasteiger partial charge in [0, 0.05) is 24.4 Å². The third kappa shape index (κ3) is 2.99. The summed E-state index contributed by atoms with van der Waals surface area (Å²) >= 11 is 0. The Labute approximate surface area is 118 Å². The van der Waals surface area contributed by atoms with Crippen molar-refractivity contribution >= 4 is 0 Å². The standard InChI is InChI=1S/C15H19N3O2/c1-19-13-5-3-2-4-11(13)8-14-17-15(20-18-14)9-12(16)10-6-7-10/h2-5,10,12H,6-9,16H2,1H3. The van der Waals surface area contributed by atoms with E-state index in [2.05, 4.69) is 10.1 Å². The number of benzene rings is 1. The first-order valence-electron chi connectivity index (χ1n) is 6.95. The number of nitrogens with two attached hydrogens (primary N) is 1. The van der Waals surface area contributed by atoms with Gasteiger partial charge in [-0.15, -0.1) is 0 Å². The molecule has 0 amide bonds. The first-order chi connectivity index (χ1) is 9.76. The van der Waals surface area contributed by atoms with Crippen LogP contribution in [-0.4, -0.2) is 23.3 Å². The van der Waals surface area contributed by atoms with E-state index in [1.807, 2.05) is 24.3 Å². The molecule has 106 valence electrons. The normalized spacial score (nSPS) is 16.1. The minimum Gasteiger partial charge on any atom is -0.496 e. The third-order valence-corrected chi connectivity index (χ3v) is 3.69. The highest BCUT2D eigenvalue weighted by molar-refractivity contribution is 5.35. The second-order valence-electron chi connectivity index (χ2n) is 5.30. The summed E-state index contributed by atoms with van der Waals surface area (Å²) in [6, 6.07) is 8.00. The number of aromatic nitrogens is 2. The fourth-order valence-electron chi connectivity index (χ4n) is 2.36. The minimum atomic E-state index is 0.148. The predicted molar refractivity (Wildman–Crippen MR) is 74.5 cm³/mol. The molecule has 1 fully saturated rings. The summed E-state index contributed by atoms with van der Waals surface area (Å²) in [6.45, 7) is 0. The number of hydrogen-bond donors (Lipinski definition) is 1. The molecule has 0 spiro atoms. The van der Waals surface area contributed by atoms with Gasteiger partial charge in [0.05, 0.1) is 7.11 Å². The average Bonchev–Trinajstić information content (AvgIpc) is 3.23. The van der Waals surface area contributed by atoms with Crippen molar-refractivity contribution in [1.82, 2.24) is 10.1 Å². The zero-order valence-electron chi connectivity index (χ0n) is 11.6. The number of para-hydroxylation sites is 1. The predicted octanol–water partition coefficient (Wildman–Crippen LogP) is 1.95. The highest BCUT2D eigenvalue weighted by Crippen LogP contribution is 2.32. The van der Waals surface area contributed by atoms with Crippen LogP contribution in [-0.2, 0) is 12.8 Å². The Bertz CT molecular complexity index is 578. The van der Waals surface area contributed by atoms with Gasteiger partial charge in [-0.25, -0.2) is 0 Å². The van der Waals surface area contributed by atoms with Crippen molar-refractivity contribution in [2.45, 2.75) is 31.7 Å². The van der Waals surface area contributed by atoms with Crippen LogP contribution in [0, 0.1) is 5.92 Å². The van der Waals surface area contributed by atoms with Crippen LogP contribution in [0.2, 0.25) is 0 Å². The van der Waals surface area contributed by atoms with Crippen LogP contribution in [0.5, 0.6) is 5.75 Å². The summed E-state index contributed by atoms with van der Waals surface area (Å²) in [5, 5.41) is 4.02. The molecule has 1 heterocycles. The molecule has 1 atom stereocenters. The quantitative estimate of drug-likeness (QED) is 0.870. The first-order valence-corrected chi connectivity index (χ1v) is 6.95. The summed E-state index contributed by atoms with van der Waals surface area (Å²) in [7, 11) is 1.66. The van der Waals surface area contributed by atoms with Gasteiger partial charge >= 0.3 is 0 Å². The highest BCUT2D eigenvalue weighted by Gasteiger charge is 2.29. The lowest BCUT2D eigenvalue weighted by Crippen LogP contribution is -2.25. The number of ether oxygens (including phenoxy) is 1. The van der Waals surface area contributed by atoms with E-state index in [9.17, 15) is 0 Å². The molecule has 5 heteroatoms. The van der Waals surface area contributed by atoms with Gasteiger partial charge in [-0.3, -0.25) is 0 Å². The van der Waals surface area contributed by atoms with Crippen molar-refractivity contribution in [3.63, 3.8) is 0 Å². The van der Waals surface area contributed by atoms with Gasteiger partial charge in [-0.05, 0) is 24.8 Å². The van der Waals surface area contributed by atoms with E-state index in [-0.39, 0.29) is 6.04 Å². The second kappa shape index (κ2) is 5.63. The maximum absolute atomic E-state index is 6.07. The van der Waals surface area contributed by atoms with Crippen LogP contribution >= 0.6 is 0 Å². The number of rotatable bonds is 6. The molecule has 0 saturated heterocycles. The Hall–Kier alpha value is -1.88. The van der Waals surface area contributed by atoms with E-state index in [4.69, 9.17) is 15.0 Å². The Morgan fingerprint density at radius 2 is 2.20 bits per heavy atom. The molecule has 1 aliphatic rings. The van der Waals surface area contributed by atoms with Gasteiger partial charge in [0.15, 0.2) is 5.82 Å². The van der Waals surface area contributed by atoms with Crippen LogP contribution in [0.3, 0.4) is 0 Å². The van der Waals surface area contributed by atoms with Crippen LogP contribution < -0.4 is 10.5 Å². The van der Waals surface area contributed by atoms with Gasteiger partial charge < -0.3 is 15.0 Å². The Balaban J connectivity index is 1.67. The molecule has 1 aromatic carbocycles. The van der Waals surface area contributed by atoms with Gasteiger partial charge in [-0.1, -0.05) is 23.4 Å². The highest BCUT2D eigenvalue weighted by atomic mass is 16.5. The molecule has 2 N–H and O–H groups in total. The van der Waals surface area contributed by atoms with Crippen molar-refractivity contribution in [3.8, 4) is 5.75 Å². The molecule has 5 nitrogen and oxygen atoms in total. The van der Waals surface area contributed by atoms with Gasteiger partial charge in [0.1, 0.15) is 5.75 Å². The van der Waals surface area contributed by atoms with Crippen molar-refractivity contribution in [1.29, 1.82) is 0 Å². The van der Waals surface area contributed by atoms with E-state index >= 15 is 0 Å². The minimum absolute atomic E-state index is 0.148. The summed E-state index contributed by atoms with van der Waals surface area (Å²) in [6.07, 6.45) is 3.72. The molecule has 1 aromatic heterocycles. The zero-order valence-corrected chi connectivity index (χ0v) is 11.6. The van der Waals surface area contributed by atoms with Crippen molar-refractivity contribution in [2.75, 3.05) is 7.11 Å². The van der Waals surface area contributed by atoms with Crippen molar-refractivity contribution in [2.24, 2.45) is 11.7 Å². The maximum atomic E-state index is 6.07. The van der Waals surface area contributed by atoms with E-state index < -0.39 is 0 Å². The number of hydrogen-bond acceptors (Lipinski definition) is 5. The van der Waals surface area contributed by atoms with Crippen LogP contribution in [0.4, 0.5) is 0 Å². The summed E-state index contributed by atoms with van der Waals surface area (Å²) < 4.78 is 10.6. The lowest BCUT2D eigenvalue weighted by Gasteiger charge is -2.05. The molecule has 0 bridgehead atoms. The molecule has 2 aromatic rings. The largest absolute Gasteiger partial charge is 0.496 e. The summed E-state index contributed by atoms with van der Waals surface area (Å²) in [5.41, 5.74) is 7.12. The monoisotopic (exact) mass is 273 g/mol. The molecular formula is C15H19N3O2. The SMILES string of the molecule is COc1ccccc1Cc1noc(CC(N)C2CC2)n1. The maximum Gasteiger partial charge on any atom is 0.228 e. The Morgan fingerprint density at radius 1 is 1.40 bits per heavy atom. The van der Waals surface area contributed by atoms with E-state index in [1.165, 1.54) is 12.8 Å². The van der Waals surface area contributed by atoms with E-state index in [1.54, 1.807) is 7.11 Å². The van der Waals surface area contributed by atoms with E-state index in [0.717, 1.165) is 11.3 Å². The van der Waals surface area contributed by atoms with Gasteiger partial charge in [0.25, 0.3) is 0 Å². The van der Waals surface area contributed by atoms with Crippen molar-refractivity contribution in [3.05, 3.63) is 41.5 Å².